The van der Waals surface area contributed by atoms with E-state index >= 15 is 0 Å². The van der Waals surface area contributed by atoms with Crippen LogP contribution >= 0.6 is 0 Å². The maximum Gasteiger partial charge on any atom is 0.305 e. The lowest BCUT2D eigenvalue weighted by Gasteiger charge is -2.12. The predicted molar refractivity (Wildman–Crippen MR) is 84.8 cm³/mol. The van der Waals surface area contributed by atoms with Crippen LogP contribution in [0, 0.1) is 5.92 Å². The minimum Gasteiger partial charge on any atom is -0.465 e. The zero-order valence-corrected chi connectivity index (χ0v) is 13.5. The minimum absolute atomic E-state index is 0.00979. The Morgan fingerprint density at radius 3 is 2.20 bits per heavy atom. The van der Waals surface area contributed by atoms with Crippen LogP contribution in [0.15, 0.2) is 0 Å². The van der Waals surface area contributed by atoms with E-state index in [0.29, 0.717) is 18.9 Å². The summed E-state index contributed by atoms with van der Waals surface area (Å²) in [6, 6.07) is 0. The van der Waals surface area contributed by atoms with Crippen molar-refractivity contribution in [2.45, 2.75) is 96.8 Å². The minimum atomic E-state index is 0.00979. The summed E-state index contributed by atoms with van der Waals surface area (Å²) in [6.45, 7) is 2.95. The monoisotopic (exact) mass is 282 g/mol. The van der Waals surface area contributed by atoms with Gasteiger partial charge in [0.25, 0.3) is 0 Å². The molecule has 0 aromatic carbocycles. The fraction of sp³-hybridized carbons (Fsp3) is 0.944. The molecule has 1 rings (SSSR count). The van der Waals surface area contributed by atoms with Gasteiger partial charge in [0.2, 0.25) is 0 Å². The predicted octanol–water partition coefficient (Wildman–Crippen LogP) is 5.64. The normalized spacial score (nSPS) is 19.6. The molecule has 1 fully saturated rings. The van der Waals surface area contributed by atoms with Gasteiger partial charge in [0, 0.05) is 6.42 Å². The molecule has 0 radical (unpaired) electrons. The maximum absolute atomic E-state index is 11.1. The van der Waals surface area contributed by atoms with E-state index in [1.54, 1.807) is 0 Å². The van der Waals surface area contributed by atoms with Gasteiger partial charge in [0.1, 0.15) is 0 Å². The van der Waals surface area contributed by atoms with E-state index in [9.17, 15) is 4.79 Å². The third-order valence-electron chi connectivity index (χ3n) is 4.44. The molecule has 0 aromatic rings. The van der Waals surface area contributed by atoms with Crippen molar-refractivity contribution in [2.75, 3.05) is 6.61 Å². The highest BCUT2D eigenvalue weighted by Crippen LogP contribution is 2.21. The molecule has 0 bridgehead atoms. The first-order valence-corrected chi connectivity index (χ1v) is 8.98. The number of hydrogen-bond acceptors (Lipinski definition) is 2. The molecule has 1 heterocycles. The lowest BCUT2D eigenvalue weighted by atomic mass is 9.96. The molecule has 118 valence electrons. The van der Waals surface area contributed by atoms with Crippen LogP contribution in [0.25, 0.3) is 0 Å². The van der Waals surface area contributed by atoms with Crippen LogP contribution in [0.3, 0.4) is 0 Å². The van der Waals surface area contributed by atoms with Crippen LogP contribution in [0.1, 0.15) is 96.8 Å². The maximum atomic E-state index is 11.1. The molecule has 1 aliphatic heterocycles. The average molecular weight is 282 g/mol. The molecule has 20 heavy (non-hydrogen) atoms. The molecule has 1 saturated heterocycles. The van der Waals surface area contributed by atoms with Gasteiger partial charge < -0.3 is 4.74 Å². The van der Waals surface area contributed by atoms with Crippen LogP contribution in [0.2, 0.25) is 0 Å². The number of esters is 1. The Kier molecular flexibility index (Phi) is 10.7. The summed E-state index contributed by atoms with van der Waals surface area (Å²) in [5, 5.41) is 0. The van der Waals surface area contributed by atoms with E-state index in [1.807, 2.05) is 0 Å². The Balaban J connectivity index is 1.83. The summed E-state index contributed by atoms with van der Waals surface area (Å²) < 4.78 is 5.22. The molecule has 1 atom stereocenters. The molecule has 0 spiro atoms. The largest absolute Gasteiger partial charge is 0.465 e. The van der Waals surface area contributed by atoms with E-state index in [-0.39, 0.29) is 5.97 Å². The number of ether oxygens (including phenoxy) is 1. The Bertz CT molecular complexity index is 238. The first-order valence-electron chi connectivity index (χ1n) is 8.98. The third kappa shape index (κ3) is 9.39. The van der Waals surface area contributed by atoms with Crippen molar-refractivity contribution in [3.05, 3.63) is 0 Å². The zero-order valence-electron chi connectivity index (χ0n) is 13.5. The van der Waals surface area contributed by atoms with E-state index in [0.717, 1.165) is 6.42 Å². The van der Waals surface area contributed by atoms with Crippen molar-refractivity contribution < 1.29 is 9.53 Å². The first kappa shape index (κ1) is 17.5. The van der Waals surface area contributed by atoms with Gasteiger partial charge in [-0.2, -0.15) is 0 Å². The van der Waals surface area contributed by atoms with Crippen LogP contribution in [0.4, 0.5) is 0 Å². The quantitative estimate of drug-likeness (QED) is 0.362. The smallest absolute Gasteiger partial charge is 0.305 e. The van der Waals surface area contributed by atoms with Crippen molar-refractivity contribution >= 4 is 5.97 Å². The highest BCUT2D eigenvalue weighted by atomic mass is 16.5. The molecule has 0 aliphatic carbocycles. The van der Waals surface area contributed by atoms with E-state index < -0.39 is 0 Å². The highest BCUT2D eigenvalue weighted by Gasteiger charge is 2.16. The molecular weight excluding hydrogens is 248 g/mol. The molecule has 1 aliphatic rings. The summed E-state index contributed by atoms with van der Waals surface area (Å²) in [4.78, 5) is 11.1. The number of cyclic esters (lactones) is 1. The van der Waals surface area contributed by atoms with Crippen LogP contribution < -0.4 is 0 Å². The molecule has 2 heteroatoms. The van der Waals surface area contributed by atoms with Gasteiger partial charge in [-0.1, -0.05) is 71.1 Å². The summed E-state index contributed by atoms with van der Waals surface area (Å²) in [5.74, 6) is 0.645. The molecule has 1 unspecified atom stereocenters. The topological polar surface area (TPSA) is 26.3 Å². The molecular formula is C18H34O2. The number of carbonyl (C=O) groups excluding carboxylic acids is 1. The fourth-order valence-electron chi connectivity index (χ4n) is 3.05. The van der Waals surface area contributed by atoms with Gasteiger partial charge in [-0.15, -0.1) is 0 Å². The summed E-state index contributed by atoms with van der Waals surface area (Å²) in [5.41, 5.74) is 0. The second-order valence-electron chi connectivity index (χ2n) is 6.41. The first-order chi connectivity index (χ1) is 9.83. The Labute approximate surface area is 125 Å². The standard InChI is InChI=1S/C18H34O2/c1-2-3-4-5-6-7-8-9-10-11-13-17-14-12-15-18(19)20-16-17/h17H,2-16H2,1H3. The van der Waals surface area contributed by atoms with Gasteiger partial charge in [-0.05, 0) is 25.2 Å². The lowest BCUT2D eigenvalue weighted by Crippen LogP contribution is -2.09. The number of unbranched alkanes of at least 4 members (excludes halogenated alkanes) is 9. The van der Waals surface area contributed by atoms with Gasteiger partial charge in [-0.25, -0.2) is 0 Å². The average Bonchev–Trinajstić information content (AvgIpc) is 2.66. The van der Waals surface area contributed by atoms with Crippen LogP contribution in [-0.2, 0) is 9.53 Å². The van der Waals surface area contributed by atoms with E-state index in [4.69, 9.17) is 4.74 Å². The SMILES string of the molecule is CCCCCCCCCCCCC1CCCC(=O)OC1. The van der Waals surface area contributed by atoms with Crippen molar-refractivity contribution in [1.82, 2.24) is 0 Å². The summed E-state index contributed by atoms with van der Waals surface area (Å²) in [6.07, 6.45) is 18.0. The number of rotatable bonds is 11. The summed E-state index contributed by atoms with van der Waals surface area (Å²) >= 11 is 0. The number of carbonyl (C=O) groups is 1. The van der Waals surface area contributed by atoms with E-state index in [2.05, 4.69) is 6.92 Å². The molecule has 0 amide bonds. The fourth-order valence-corrected chi connectivity index (χ4v) is 3.05. The molecule has 0 saturated carbocycles. The zero-order chi connectivity index (χ0) is 14.5. The van der Waals surface area contributed by atoms with Crippen molar-refractivity contribution in [3.63, 3.8) is 0 Å². The van der Waals surface area contributed by atoms with Gasteiger partial charge in [0.05, 0.1) is 6.61 Å². The van der Waals surface area contributed by atoms with Gasteiger partial charge >= 0.3 is 5.97 Å². The number of hydrogen-bond donors (Lipinski definition) is 0. The molecule has 0 N–H and O–H groups in total. The summed E-state index contributed by atoms with van der Waals surface area (Å²) in [7, 11) is 0. The third-order valence-corrected chi connectivity index (χ3v) is 4.44. The highest BCUT2D eigenvalue weighted by molar-refractivity contribution is 5.69. The van der Waals surface area contributed by atoms with Crippen molar-refractivity contribution in [3.8, 4) is 0 Å². The van der Waals surface area contributed by atoms with Gasteiger partial charge in [0.15, 0.2) is 0 Å². The van der Waals surface area contributed by atoms with Crippen molar-refractivity contribution in [2.24, 2.45) is 5.92 Å². The van der Waals surface area contributed by atoms with Crippen molar-refractivity contribution in [1.29, 1.82) is 0 Å². The second kappa shape index (κ2) is 12.2. The Morgan fingerprint density at radius 1 is 0.950 bits per heavy atom. The van der Waals surface area contributed by atoms with Crippen LogP contribution in [0.5, 0.6) is 0 Å². The second-order valence-corrected chi connectivity index (χ2v) is 6.41. The lowest BCUT2D eigenvalue weighted by molar-refractivity contribution is -0.143. The molecule has 0 aromatic heterocycles. The molecule has 2 nitrogen and oxygen atoms in total. The Hall–Kier alpha value is -0.530. The Morgan fingerprint density at radius 2 is 1.55 bits per heavy atom. The van der Waals surface area contributed by atoms with E-state index in [1.165, 1.54) is 77.0 Å². The van der Waals surface area contributed by atoms with Crippen LogP contribution in [-0.4, -0.2) is 12.6 Å². The van der Waals surface area contributed by atoms with Gasteiger partial charge in [-0.3, -0.25) is 4.79 Å².